The van der Waals surface area contributed by atoms with Gasteiger partial charge in [-0.1, -0.05) is 6.42 Å². The Morgan fingerprint density at radius 3 is 3.00 bits per heavy atom. The van der Waals surface area contributed by atoms with Crippen LogP contribution in [0.25, 0.3) is 0 Å². The van der Waals surface area contributed by atoms with Crippen molar-refractivity contribution in [2.45, 2.75) is 38.5 Å². The number of hydrogen-bond donors (Lipinski definition) is 0. The molecule has 60 valence electrons. The van der Waals surface area contributed by atoms with Crippen molar-refractivity contribution in [3.05, 3.63) is 0 Å². The average Bonchev–Trinajstić information content (AvgIpc) is 2.61. The molecule has 0 aromatic rings. The number of rotatable bonds is 0. The summed E-state index contributed by atoms with van der Waals surface area (Å²) in [5, 5.41) is 0. The van der Waals surface area contributed by atoms with Crippen LogP contribution in [0.2, 0.25) is 0 Å². The maximum atomic E-state index is 11.6. The van der Waals surface area contributed by atoms with Crippen LogP contribution in [0.1, 0.15) is 38.5 Å². The van der Waals surface area contributed by atoms with E-state index in [4.69, 9.17) is 0 Å². The maximum absolute atomic E-state index is 11.6. The first-order valence-corrected chi connectivity index (χ1v) is 4.86. The molecule has 0 aromatic carbocycles. The molecule has 0 radical (unpaired) electrons. The van der Waals surface area contributed by atoms with Gasteiger partial charge in [0, 0.05) is 11.8 Å². The summed E-state index contributed by atoms with van der Waals surface area (Å²) in [6, 6.07) is 0. The molecule has 0 N–H and O–H groups in total. The summed E-state index contributed by atoms with van der Waals surface area (Å²) in [7, 11) is 0. The van der Waals surface area contributed by atoms with E-state index in [0.717, 1.165) is 0 Å². The van der Waals surface area contributed by atoms with E-state index >= 15 is 0 Å². The van der Waals surface area contributed by atoms with Gasteiger partial charge in [0.1, 0.15) is 5.78 Å². The summed E-state index contributed by atoms with van der Waals surface area (Å²) < 4.78 is 0. The maximum Gasteiger partial charge on any atom is 0.139 e. The Balaban J connectivity index is 2.06. The van der Waals surface area contributed by atoms with Gasteiger partial charge in [0.05, 0.1) is 0 Å². The van der Waals surface area contributed by atoms with Gasteiger partial charge in [0.25, 0.3) is 0 Å². The van der Waals surface area contributed by atoms with Gasteiger partial charge in [-0.2, -0.15) is 0 Å². The fourth-order valence-electron chi connectivity index (χ4n) is 3.81. The standard InChI is InChI=1S/C10H14O/c11-9-7-3-5-10(6-7)4-1-2-8(9)10/h7-8H,1-6H2/t7-,8-,10+/m0/s1. The fourth-order valence-corrected chi connectivity index (χ4v) is 3.81. The zero-order valence-corrected chi connectivity index (χ0v) is 6.81. The van der Waals surface area contributed by atoms with Crippen molar-refractivity contribution in [2.75, 3.05) is 0 Å². The van der Waals surface area contributed by atoms with Crippen LogP contribution in [-0.2, 0) is 4.79 Å². The SMILES string of the molecule is O=C1[C@H]2CC[C@]3(CCC[C@@H]13)C2. The predicted octanol–water partition coefficient (Wildman–Crippen LogP) is 2.16. The van der Waals surface area contributed by atoms with Crippen LogP contribution in [0, 0.1) is 17.3 Å². The molecule has 0 saturated heterocycles. The number of carbonyl (C=O) groups excluding carboxylic acids is 1. The van der Waals surface area contributed by atoms with Gasteiger partial charge in [-0.05, 0) is 37.5 Å². The van der Waals surface area contributed by atoms with Crippen molar-refractivity contribution >= 4 is 5.78 Å². The molecule has 2 bridgehead atoms. The van der Waals surface area contributed by atoms with E-state index in [2.05, 4.69) is 0 Å². The van der Waals surface area contributed by atoms with Crippen LogP contribution >= 0.6 is 0 Å². The van der Waals surface area contributed by atoms with Crippen LogP contribution in [-0.4, -0.2) is 5.78 Å². The minimum absolute atomic E-state index is 0.500. The normalized spacial score (nSPS) is 53.6. The molecule has 1 heteroatoms. The highest BCUT2D eigenvalue weighted by Gasteiger charge is 2.58. The molecular formula is C10H14O. The molecule has 11 heavy (non-hydrogen) atoms. The second kappa shape index (κ2) is 1.70. The Hall–Kier alpha value is -0.330. The monoisotopic (exact) mass is 150 g/mol. The topological polar surface area (TPSA) is 17.1 Å². The molecule has 3 rings (SSSR count). The summed E-state index contributed by atoms with van der Waals surface area (Å²) >= 11 is 0. The van der Waals surface area contributed by atoms with Crippen molar-refractivity contribution in [1.29, 1.82) is 0 Å². The highest BCUT2D eigenvalue weighted by atomic mass is 16.1. The first kappa shape index (κ1) is 6.22. The van der Waals surface area contributed by atoms with Gasteiger partial charge in [-0.3, -0.25) is 4.79 Å². The van der Waals surface area contributed by atoms with E-state index in [0.29, 0.717) is 23.0 Å². The molecular weight excluding hydrogens is 136 g/mol. The molecule has 0 heterocycles. The number of carbonyl (C=O) groups is 1. The number of hydrogen-bond acceptors (Lipinski definition) is 1. The number of ketones is 1. The van der Waals surface area contributed by atoms with Gasteiger partial charge >= 0.3 is 0 Å². The van der Waals surface area contributed by atoms with Crippen molar-refractivity contribution in [1.82, 2.24) is 0 Å². The Kier molecular flexibility index (Phi) is 0.961. The first-order valence-electron chi connectivity index (χ1n) is 4.86. The molecule has 3 atom stereocenters. The number of Topliss-reactive ketones (excluding diaryl/α,β-unsaturated/α-hetero) is 1. The minimum Gasteiger partial charge on any atom is -0.299 e. The molecule has 3 aliphatic carbocycles. The fraction of sp³-hybridized carbons (Fsp3) is 0.900. The molecule has 3 saturated carbocycles. The van der Waals surface area contributed by atoms with E-state index in [-0.39, 0.29) is 0 Å². The summed E-state index contributed by atoms with van der Waals surface area (Å²) in [4.78, 5) is 11.6. The highest BCUT2D eigenvalue weighted by Crippen LogP contribution is 2.62. The van der Waals surface area contributed by atoms with Crippen LogP contribution in [0.15, 0.2) is 0 Å². The molecule has 3 aliphatic rings. The third-order valence-corrected chi connectivity index (χ3v) is 4.30. The van der Waals surface area contributed by atoms with E-state index in [1.807, 2.05) is 0 Å². The third kappa shape index (κ3) is 0.567. The largest absolute Gasteiger partial charge is 0.299 e. The average molecular weight is 150 g/mol. The van der Waals surface area contributed by atoms with Crippen LogP contribution in [0.3, 0.4) is 0 Å². The van der Waals surface area contributed by atoms with Crippen molar-refractivity contribution in [3.63, 3.8) is 0 Å². The molecule has 1 nitrogen and oxygen atoms in total. The van der Waals surface area contributed by atoms with Crippen LogP contribution in [0.5, 0.6) is 0 Å². The Morgan fingerprint density at radius 2 is 2.18 bits per heavy atom. The van der Waals surface area contributed by atoms with Crippen molar-refractivity contribution in [3.8, 4) is 0 Å². The molecule has 0 aromatic heterocycles. The molecule has 0 unspecified atom stereocenters. The lowest BCUT2D eigenvalue weighted by Crippen LogP contribution is -2.25. The quantitative estimate of drug-likeness (QED) is 0.517. The second-order valence-electron chi connectivity index (χ2n) is 4.65. The zero-order valence-electron chi connectivity index (χ0n) is 6.81. The molecule has 0 aliphatic heterocycles. The molecule has 3 fully saturated rings. The van der Waals surface area contributed by atoms with Crippen molar-refractivity contribution < 1.29 is 4.79 Å². The predicted molar refractivity (Wildman–Crippen MR) is 42.1 cm³/mol. The van der Waals surface area contributed by atoms with Crippen molar-refractivity contribution in [2.24, 2.45) is 17.3 Å². The number of fused-ring (bicyclic) bond motifs is 1. The lowest BCUT2D eigenvalue weighted by atomic mass is 9.77. The van der Waals surface area contributed by atoms with Gasteiger partial charge in [0.2, 0.25) is 0 Å². The summed E-state index contributed by atoms with van der Waals surface area (Å²) in [5.41, 5.74) is 0.543. The lowest BCUT2D eigenvalue weighted by Gasteiger charge is -2.26. The van der Waals surface area contributed by atoms with Crippen LogP contribution < -0.4 is 0 Å². The van der Waals surface area contributed by atoms with E-state index < -0.39 is 0 Å². The smallest absolute Gasteiger partial charge is 0.139 e. The second-order valence-corrected chi connectivity index (χ2v) is 4.65. The van der Waals surface area contributed by atoms with Gasteiger partial charge < -0.3 is 0 Å². The van der Waals surface area contributed by atoms with E-state index in [1.165, 1.54) is 38.5 Å². The zero-order chi connectivity index (χ0) is 7.47. The lowest BCUT2D eigenvalue weighted by molar-refractivity contribution is -0.126. The summed E-state index contributed by atoms with van der Waals surface area (Å²) in [6.45, 7) is 0. The summed E-state index contributed by atoms with van der Waals surface area (Å²) in [6.07, 6.45) is 7.75. The van der Waals surface area contributed by atoms with E-state index in [9.17, 15) is 4.79 Å². The Labute approximate surface area is 67.2 Å². The highest BCUT2D eigenvalue weighted by molar-refractivity contribution is 5.88. The Morgan fingerprint density at radius 1 is 1.27 bits per heavy atom. The summed E-state index contributed by atoms with van der Waals surface area (Å²) in [5.74, 6) is 1.65. The third-order valence-electron chi connectivity index (χ3n) is 4.30. The minimum atomic E-state index is 0.500. The van der Waals surface area contributed by atoms with E-state index in [1.54, 1.807) is 0 Å². The molecule has 1 spiro atoms. The van der Waals surface area contributed by atoms with Gasteiger partial charge in [-0.15, -0.1) is 0 Å². The van der Waals surface area contributed by atoms with Crippen LogP contribution in [0.4, 0.5) is 0 Å². The van der Waals surface area contributed by atoms with Gasteiger partial charge in [-0.25, -0.2) is 0 Å². The first-order chi connectivity index (χ1) is 5.32. The molecule has 0 amide bonds. The Bertz CT molecular complexity index is 217. The van der Waals surface area contributed by atoms with Gasteiger partial charge in [0.15, 0.2) is 0 Å².